The van der Waals surface area contributed by atoms with Gasteiger partial charge in [0.2, 0.25) is 0 Å². The SMILES string of the molecule is COc1cc(C(=CNc2ccccc2)CC(=O)O)cc(OC)c1-n1cccc1. The average molecular weight is 378 g/mol. The number of rotatable bonds is 8. The molecular weight excluding hydrogens is 356 g/mol. The second-order valence-electron chi connectivity index (χ2n) is 6.07. The Labute approximate surface area is 163 Å². The van der Waals surface area contributed by atoms with Crippen LogP contribution < -0.4 is 14.8 Å². The van der Waals surface area contributed by atoms with Gasteiger partial charge in [-0.1, -0.05) is 18.2 Å². The molecule has 0 bridgehead atoms. The van der Waals surface area contributed by atoms with E-state index in [0.29, 0.717) is 22.6 Å². The van der Waals surface area contributed by atoms with Crippen molar-refractivity contribution >= 4 is 17.2 Å². The van der Waals surface area contributed by atoms with Crippen LogP contribution in [0.4, 0.5) is 5.69 Å². The van der Waals surface area contributed by atoms with Crippen LogP contribution in [0.15, 0.2) is 73.2 Å². The molecule has 144 valence electrons. The van der Waals surface area contributed by atoms with Gasteiger partial charge in [-0.3, -0.25) is 4.79 Å². The lowest BCUT2D eigenvalue weighted by Gasteiger charge is -2.17. The van der Waals surface area contributed by atoms with Gasteiger partial charge in [-0.05, 0) is 47.5 Å². The predicted molar refractivity (Wildman–Crippen MR) is 109 cm³/mol. The first-order chi connectivity index (χ1) is 13.6. The van der Waals surface area contributed by atoms with Gasteiger partial charge in [-0.15, -0.1) is 0 Å². The maximum absolute atomic E-state index is 11.4. The summed E-state index contributed by atoms with van der Waals surface area (Å²) in [6.07, 6.45) is 5.35. The molecule has 1 aromatic heterocycles. The fourth-order valence-electron chi connectivity index (χ4n) is 2.92. The average Bonchev–Trinajstić information content (AvgIpc) is 3.24. The fourth-order valence-corrected chi connectivity index (χ4v) is 2.92. The summed E-state index contributed by atoms with van der Waals surface area (Å²) in [6.45, 7) is 0. The lowest BCUT2D eigenvalue weighted by molar-refractivity contribution is -0.135. The molecule has 0 spiro atoms. The molecule has 0 amide bonds. The van der Waals surface area contributed by atoms with Crippen molar-refractivity contribution in [3.8, 4) is 17.2 Å². The van der Waals surface area contributed by atoms with Crippen LogP contribution in [0.3, 0.4) is 0 Å². The quantitative estimate of drug-likeness (QED) is 0.607. The number of para-hydroxylation sites is 1. The van der Waals surface area contributed by atoms with Crippen molar-refractivity contribution < 1.29 is 19.4 Å². The number of nitrogens with one attached hydrogen (secondary N) is 1. The highest BCUT2D eigenvalue weighted by molar-refractivity contribution is 5.86. The zero-order chi connectivity index (χ0) is 19.9. The largest absolute Gasteiger partial charge is 0.494 e. The summed E-state index contributed by atoms with van der Waals surface area (Å²) in [6, 6.07) is 17.0. The summed E-state index contributed by atoms with van der Waals surface area (Å²) in [4.78, 5) is 11.4. The van der Waals surface area contributed by atoms with Gasteiger partial charge in [0.25, 0.3) is 0 Å². The summed E-state index contributed by atoms with van der Waals surface area (Å²) >= 11 is 0. The van der Waals surface area contributed by atoms with Gasteiger partial charge in [-0.2, -0.15) is 0 Å². The van der Waals surface area contributed by atoms with Crippen LogP contribution in [0.5, 0.6) is 11.5 Å². The Hall–Kier alpha value is -3.67. The number of carboxylic acid groups (broad SMARTS) is 1. The molecule has 0 saturated heterocycles. The monoisotopic (exact) mass is 378 g/mol. The van der Waals surface area contributed by atoms with Crippen LogP contribution in [0.2, 0.25) is 0 Å². The summed E-state index contributed by atoms with van der Waals surface area (Å²) in [5, 5.41) is 12.5. The maximum atomic E-state index is 11.4. The summed E-state index contributed by atoms with van der Waals surface area (Å²) in [5.74, 6) is 0.247. The fraction of sp³-hybridized carbons (Fsp3) is 0.136. The van der Waals surface area contributed by atoms with Crippen molar-refractivity contribution in [1.82, 2.24) is 4.57 Å². The molecule has 0 fully saturated rings. The first-order valence-electron chi connectivity index (χ1n) is 8.74. The summed E-state index contributed by atoms with van der Waals surface area (Å²) < 4.78 is 13.0. The van der Waals surface area contributed by atoms with Gasteiger partial charge in [-0.25, -0.2) is 0 Å². The Bertz CT molecular complexity index is 938. The highest BCUT2D eigenvalue weighted by atomic mass is 16.5. The first-order valence-corrected chi connectivity index (χ1v) is 8.74. The van der Waals surface area contributed by atoms with Crippen molar-refractivity contribution in [2.45, 2.75) is 6.42 Å². The first kappa shape index (κ1) is 19.1. The van der Waals surface area contributed by atoms with Gasteiger partial charge in [0.15, 0.2) is 0 Å². The number of carbonyl (C=O) groups is 1. The molecule has 2 aromatic carbocycles. The van der Waals surface area contributed by atoms with Gasteiger partial charge in [0, 0.05) is 24.3 Å². The zero-order valence-electron chi connectivity index (χ0n) is 15.8. The van der Waals surface area contributed by atoms with Crippen LogP contribution in [0.25, 0.3) is 11.3 Å². The van der Waals surface area contributed by atoms with Crippen LogP contribution in [0.1, 0.15) is 12.0 Å². The van der Waals surface area contributed by atoms with Gasteiger partial charge in [0.05, 0.1) is 20.6 Å². The Kier molecular flexibility index (Phi) is 6.01. The second kappa shape index (κ2) is 8.81. The minimum absolute atomic E-state index is 0.144. The third-order valence-electron chi connectivity index (χ3n) is 4.24. The van der Waals surface area contributed by atoms with Gasteiger partial charge >= 0.3 is 5.97 Å². The minimum atomic E-state index is -0.923. The van der Waals surface area contributed by atoms with E-state index >= 15 is 0 Å². The third-order valence-corrected chi connectivity index (χ3v) is 4.24. The Morgan fingerprint density at radius 3 is 2.18 bits per heavy atom. The van der Waals surface area contributed by atoms with E-state index in [1.807, 2.05) is 71.6 Å². The molecule has 0 unspecified atom stereocenters. The molecule has 0 atom stereocenters. The Balaban J connectivity index is 2.05. The van der Waals surface area contributed by atoms with Crippen LogP contribution in [0, 0.1) is 0 Å². The van der Waals surface area contributed by atoms with Gasteiger partial charge < -0.3 is 24.5 Å². The number of hydrogen-bond acceptors (Lipinski definition) is 4. The van der Waals surface area contributed by atoms with Crippen molar-refractivity contribution in [1.29, 1.82) is 0 Å². The molecule has 2 N–H and O–H groups in total. The van der Waals surface area contributed by atoms with Crippen molar-refractivity contribution in [3.63, 3.8) is 0 Å². The minimum Gasteiger partial charge on any atom is -0.494 e. The molecule has 0 aliphatic carbocycles. The zero-order valence-corrected chi connectivity index (χ0v) is 15.8. The van der Waals surface area contributed by atoms with E-state index in [0.717, 1.165) is 11.4 Å². The second-order valence-corrected chi connectivity index (χ2v) is 6.07. The molecular formula is C22H22N2O4. The molecule has 6 heteroatoms. The van der Waals surface area contributed by atoms with Crippen molar-refractivity contribution in [3.05, 3.63) is 78.8 Å². The van der Waals surface area contributed by atoms with Gasteiger partial charge in [0.1, 0.15) is 17.2 Å². The van der Waals surface area contributed by atoms with Crippen molar-refractivity contribution in [2.75, 3.05) is 19.5 Å². The smallest absolute Gasteiger partial charge is 0.307 e. The molecule has 28 heavy (non-hydrogen) atoms. The van der Waals surface area contributed by atoms with Crippen molar-refractivity contribution in [2.24, 2.45) is 0 Å². The molecule has 0 aliphatic heterocycles. The molecule has 0 radical (unpaired) electrons. The predicted octanol–water partition coefficient (Wildman–Crippen LogP) is 4.42. The molecule has 3 aromatic rings. The topological polar surface area (TPSA) is 72.7 Å². The number of anilines is 1. The molecule has 1 heterocycles. The lowest BCUT2D eigenvalue weighted by Crippen LogP contribution is -2.04. The van der Waals surface area contributed by atoms with E-state index in [9.17, 15) is 9.90 Å². The summed E-state index contributed by atoms with van der Waals surface area (Å²) in [7, 11) is 3.16. The molecule has 0 aliphatic rings. The maximum Gasteiger partial charge on any atom is 0.307 e. The number of carboxylic acids is 1. The number of aliphatic carboxylic acids is 1. The number of methoxy groups -OCH3 is 2. The normalized spacial score (nSPS) is 11.1. The summed E-state index contributed by atoms with van der Waals surface area (Å²) in [5.41, 5.74) is 2.93. The standard InChI is InChI=1S/C22H22N2O4/c1-27-19-12-16(13-20(28-2)22(19)24-10-6-7-11-24)17(14-21(25)26)15-23-18-8-4-3-5-9-18/h3-13,15,23H,14H2,1-2H3,(H,25,26). The number of hydrogen-bond donors (Lipinski definition) is 2. The van der Waals surface area contributed by atoms with E-state index in [2.05, 4.69) is 5.32 Å². The molecule has 3 rings (SSSR count). The number of aromatic nitrogens is 1. The highest BCUT2D eigenvalue weighted by Gasteiger charge is 2.17. The number of nitrogens with zero attached hydrogens (tertiary/aromatic N) is 1. The van der Waals surface area contributed by atoms with E-state index in [4.69, 9.17) is 9.47 Å². The lowest BCUT2D eigenvalue weighted by atomic mass is 10.0. The van der Waals surface area contributed by atoms with Crippen LogP contribution in [-0.2, 0) is 4.79 Å². The third kappa shape index (κ3) is 4.35. The number of ether oxygens (including phenoxy) is 2. The van der Waals surface area contributed by atoms with E-state index in [1.54, 1.807) is 20.4 Å². The van der Waals surface area contributed by atoms with Crippen LogP contribution in [-0.4, -0.2) is 29.9 Å². The highest BCUT2D eigenvalue weighted by Crippen LogP contribution is 2.37. The Morgan fingerprint density at radius 2 is 1.64 bits per heavy atom. The molecule has 6 nitrogen and oxygen atoms in total. The van der Waals surface area contributed by atoms with E-state index in [-0.39, 0.29) is 6.42 Å². The van der Waals surface area contributed by atoms with E-state index in [1.165, 1.54) is 0 Å². The number of benzene rings is 2. The van der Waals surface area contributed by atoms with E-state index < -0.39 is 5.97 Å². The molecule has 0 saturated carbocycles. The van der Waals surface area contributed by atoms with Crippen LogP contribution >= 0.6 is 0 Å². The Morgan fingerprint density at radius 1 is 1.04 bits per heavy atom.